The van der Waals surface area contributed by atoms with E-state index in [0.29, 0.717) is 0 Å². The summed E-state index contributed by atoms with van der Waals surface area (Å²) in [6.07, 6.45) is -0.518. The first-order chi connectivity index (χ1) is 8.36. The number of nitrogens with zero attached hydrogens (tertiary/aromatic N) is 1. The molecule has 1 aromatic carbocycles. The van der Waals surface area contributed by atoms with Gasteiger partial charge in [-0.3, -0.25) is 10.1 Å². The highest BCUT2D eigenvalue weighted by Gasteiger charge is 2.16. The number of rotatable bonds is 6. The summed E-state index contributed by atoms with van der Waals surface area (Å²) in [4.78, 5) is 9.59. The normalized spacial score (nSPS) is 12.9. The Balaban J connectivity index is 2.85. The molecule has 0 heterocycles. The van der Waals surface area contributed by atoms with Crippen LogP contribution in [0.1, 0.15) is 0 Å². The lowest BCUT2D eigenvalue weighted by atomic mass is 10.3. The Morgan fingerprint density at radius 3 is 2.44 bits per heavy atom. The van der Waals surface area contributed by atoms with Crippen molar-refractivity contribution in [3.8, 4) is 0 Å². The van der Waals surface area contributed by atoms with Crippen LogP contribution < -0.4 is 4.72 Å². The van der Waals surface area contributed by atoms with Crippen LogP contribution in [0, 0.1) is 10.1 Å². The number of halogens is 1. The van der Waals surface area contributed by atoms with E-state index in [1.807, 2.05) is 4.72 Å². The minimum Gasteiger partial charge on any atom is -0.258 e. The second-order valence-corrected chi connectivity index (χ2v) is 5.12. The van der Waals surface area contributed by atoms with E-state index in [1.54, 1.807) is 0 Å². The van der Waals surface area contributed by atoms with Crippen LogP contribution in [0.25, 0.3) is 0 Å². The zero-order valence-corrected chi connectivity index (χ0v) is 10.1. The molecule has 8 heteroatoms. The van der Waals surface area contributed by atoms with E-state index in [0.717, 1.165) is 30.3 Å². The molecule has 0 spiro atoms. The minimum absolute atomic E-state index is 0.163. The Labute approximate surface area is 103 Å². The van der Waals surface area contributed by atoms with E-state index in [1.165, 1.54) is 0 Å². The van der Waals surface area contributed by atoms with Gasteiger partial charge < -0.3 is 0 Å². The third-order valence-electron chi connectivity index (χ3n) is 2.08. The first-order valence-corrected chi connectivity index (χ1v) is 6.36. The molecule has 0 saturated heterocycles. The van der Waals surface area contributed by atoms with Gasteiger partial charge in [0.2, 0.25) is 10.0 Å². The Hall–Kier alpha value is -1.80. The second kappa shape index (κ2) is 5.69. The molecular weight excluding hydrogens is 263 g/mol. The third kappa shape index (κ3) is 3.60. The molecule has 0 amide bonds. The Morgan fingerprint density at radius 2 is 2.00 bits per heavy atom. The van der Waals surface area contributed by atoms with Crippen LogP contribution in [-0.2, 0) is 10.0 Å². The van der Waals surface area contributed by atoms with Gasteiger partial charge in [0, 0.05) is 18.7 Å². The topological polar surface area (TPSA) is 89.3 Å². The number of nitro groups is 1. The van der Waals surface area contributed by atoms with Crippen LogP contribution in [0.15, 0.2) is 41.8 Å². The third-order valence-corrected chi connectivity index (χ3v) is 3.52. The highest BCUT2D eigenvalue weighted by atomic mass is 32.2. The average molecular weight is 274 g/mol. The molecule has 98 valence electrons. The predicted octanol–water partition coefficient (Wildman–Crippen LogP) is 1.40. The smallest absolute Gasteiger partial charge is 0.258 e. The minimum atomic E-state index is -3.87. The maximum absolute atomic E-state index is 12.8. The van der Waals surface area contributed by atoms with Gasteiger partial charge in [-0.05, 0) is 12.1 Å². The highest BCUT2D eigenvalue weighted by molar-refractivity contribution is 7.89. The van der Waals surface area contributed by atoms with Gasteiger partial charge in [0.1, 0.15) is 6.17 Å². The molecular formula is C10H11FN2O4S. The molecule has 1 N–H and O–H groups in total. The molecule has 0 aliphatic heterocycles. The van der Waals surface area contributed by atoms with Gasteiger partial charge in [-0.25, -0.2) is 17.5 Å². The van der Waals surface area contributed by atoms with E-state index in [2.05, 4.69) is 6.58 Å². The van der Waals surface area contributed by atoms with E-state index < -0.39 is 27.7 Å². The molecule has 18 heavy (non-hydrogen) atoms. The number of sulfonamides is 1. The van der Waals surface area contributed by atoms with Crippen LogP contribution >= 0.6 is 0 Å². The molecule has 0 radical (unpaired) electrons. The number of hydrogen-bond donors (Lipinski definition) is 1. The van der Waals surface area contributed by atoms with Gasteiger partial charge in [0.15, 0.2) is 0 Å². The highest BCUT2D eigenvalue weighted by Crippen LogP contribution is 2.15. The largest absolute Gasteiger partial charge is 0.269 e. The van der Waals surface area contributed by atoms with Crippen molar-refractivity contribution in [2.75, 3.05) is 6.54 Å². The van der Waals surface area contributed by atoms with Crippen molar-refractivity contribution in [1.29, 1.82) is 0 Å². The van der Waals surface area contributed by atoms with Crippen LogP contribution in [0.3, 0.4) is 0 Å². The monoisotopic (exact) mass is 274 g/mol. The molecule has 1 aromatic rings. The van der Waals surface area contributed by atoms with Gasteiger partial charge in [-0.1, -0.05) is 6.08 Å². The van der Waals surface area contributed by atoms with Gasteiger partial charge >= 0.3 is 0 Å². The van der Waals surface area contributed by atoms with Crippen molar-refractivity contribution >= 4 is 15.7 Å². The summed E-state index contributed by atoms with van der Waals surface area (Å²) < 4.78 is 38.1. The summed E-state index contributed by atoms with van der Waals surface area (Å²) in [5.41, 5.74) is -0.219. The molecule has 0 aliphatic carbocycles. The predicted molar refractivity (Wildman–Crippen MR) is 63.4 cm³/mol. The molecule has 6 nitrogen and oxygen atoms in total. The molecule has 0 saturated carbocycles. The van der Waals surface area contributed by atoms with E-state index >= 15 is 0 Å². The number of hydrogen-bond acceptors (Lipinski definition) is 4. The van der Waals surface area contributed by atoms with Crippen LogP contribution in [0.5, 0.6) is 0 Å². The summed E-state index contributed by atoms with van der Waals surface area (Å²) >= 11 is 0. The number of nitro benzene ring substituents is 1. The fourth-order valence-corrected chi connectivity index (χ4v) is 2.14. The lowest BCUT2D eigenvalue weighted by Crippen LogP contribution is -2.29. The maximum Gasteiger partial charge on any atom is 0.269 e. The molecule has 0 aliphatic rings. The van der Waals surface area contributed by atoms with Gasteiger partial charge in [0.25, 0.3) is 5.69 Å². The number of alkyl halides is 1. The Bertz CT molecular complexity index is 542. The van der Waals surface area contributed by atoms with E-state index in [9.17, 15) is 22.9 Å². The van der Waals surface area contributed by atoms with Crippen molar-refractivity contribution in [3.05, 3.63) is 47.0 Å². The van der Waals surface area contributed by atoms with E-state index in [-0.39, 0.29) is 10.6 Å². The number of non-ortho nitro benzene ring substituents is 1. The summed E-state index contributed by atoms with van der Waals surface area (Å²) in [5, 5.41) is 10.4. The zero-order valence-electron chi connectivity index (χ0n) is 9.24. The average Bonchev–Trinajstić information content (AvgIpc) is 2.36. The molecule has 0 aromatic heterocycles. The summed E-state index contributed by atoms with van der Waals surface area (Å²) in [6.45, 7) is 2.75. The first kappa shape index (κ1) is 14.3. The maximum atomic E-state index is 12.8. The van der Waals surface area contributed by atoms with Crippen molar-refractivity contribution in [1.82, 2.24) is 4.72 Å². The van der Waals surface area contributed by atoms with Crippen molar-refractivity contribution in [3.63, 3.8) is 0 Å². The summed E-state index contributed by atoms with van der Waals surface area (Å²) in [7, 11) is -3.87. The summed E-state index contributed by atoms with van der Waals surface area (Å²) in [5.74, 6) is 0. The SMILES string of the molecule is C=C[C@@H](F)CNS(=O)(=O)c1ccc([N+](=O)[O-])cc1. The van der Waals surface area contributed by atoms with Crippen molar-refractivity contribution in [2.24, 2.45) is 0 Å². The molecule has 0 unspecified atom stereocenters. The van der Waals surface area contributed by atoms with Crippen LogP contribution in [-0.4, -0.2) is 26.1 Å². The quantitative estimate of drug-likeness (QED) is 0.482. The standard InChI is InChI=1S/C10H11FN2O4S/c1-2-8(11)7-12-18(16,17)10-5-3-9(4-6-10)13(14)15/h2-6,8,12H,1,7H2/t8-/m1/s1. The lowest BCUT2D eigenvalue weighted by molar-refractivity contribution is -0.384. The lowest BCUT2D eigenvalue weighted by Gasteiger charge is -2.07. The summed E-state index contributed by atoms with van der Waals surface area (Å²) in [6, 6.07) is 4.30. The Morgan fingerprint density at radius 1 is 1.44 bits per heavy atom. The second-order valence-electron chi connectivity index (χ2n) is 3.35. The number of benzene rings is 1. The molecule has 0 bridgehead atoms. The number of nitrogens with one attached hydrogen (secondary N) is 1. The Kier molecular flexibility index (Phi) is 4.51. The van der Waals surface area contributed by atoms with Crippen molar-refractivity contribution in [2.45, 2.75) is 11.1 Å². The van der Waals surface area contributed by atoms with Gasteiger partial charge in [0.05, 0.1) is 9.82 Å². The van der Waals surface area contributed by atoms with Crippen LogP contribution in [0.4, 0.5) is 10.1 Å². The molecule has 0 fully saturated rings. The zero-order chi connectivity index (χ0) is 13.8. The van der Waals surface area contributed by atoms with Gasteiger partial charge in [-0.2, -0.15) is 0 Å². The molecule has 1 rings (SSSR count). The van der Waals surface area contributed by atoms with Crippen molar-refractivity contribution < 1.29 is 17.7 Å². The van der Waals surface area contributed by atoms with Gasteiger partial charge in [-0.15, -0.1) is 6.58 Å². The fourth-order valence-electron chi connectivity index (χ4n) is 1.10. The van der Waals surface area contributed by atoms with E-state index in [4.69, 9.17) is 0 Å². The first-order valence-electron chi connectivity index (χ1n) is 4.87. The fraction of sp³-hybridized carbons (Fsp3) is 0.200. The molecule has 1 atom stereocenters. The van der Waals surface area contributed by atoms with Crippen LogP contribution in [0.2, 0.25) is 0 Å².